The predicted molar refractivity (Wildman–Crippen MR) is 110 cm³/mol. The molecule has 1 aromatic carbocycles. The number of carbonyl (C=O) groups excluding carboxylic acids is 2. The van der Waals surface area contributed by atoms with Crippen molar-refractivity contribution in [3.63, 3.8) is 0 Å². The zero-order valence-corrected chi connectivity index (χ0v) is 16.8. The number of para-hydroxylation sites is 2. The third kappa shape index (κ3) is 3.72. The lowest BCUT2D eigenvalue weighted by molar-refractivity contribution is -0.131. The van der Waals surface area contributed by atoms with Crippen LogP contribution in [0.5, 0.6) is 0 Å². The van der Waals surface area contributed by atoms with Crippen LogP contribution in [-0.2, 0) is 29.2 Å². The molecule has 0 saturated heterocycles. The van der Waals surface area contributed by atoms with Crippen LogP contribution in [0.2, 0.25) is 0 Å². The van der Waals surface area contributed by atoms with Crippen LogP contribution in [0.4, 0.5) is 0 Å². The normalized spacial score (nSPS) is 15.9. The monoisotopic (exact) mass is 391 g/mol. The molecule has 29 heavy (non-hydrogen) atoms. The lowest BCUT2D eigenvalue weighted by atomic mass is 9.94. The Kier molecular flexibility index (Phi) is 5.29. The summed E-state index contributed by atoms with van der Waals surface area (Å²) in [5, 5.41) is 3.03. The molecule has 0 fully saturated rings. The van der Waals surface area contributed by atoms with Crippen LogP contribution in [0.15, 0.2) is 42.6 Å². The van der Waals surface area contributed by atoms with Gasteiger partial charge in [-0.15, -0.1) is 0 Å². The number of pyridine rings is 1. The highest BCUT2D eigenvalue weighted by atomic mass is 16.2. The zero-order valence-electron chi connectivity index (χ0n) is 16.8. The number of hydrogen-bond donors (Lipinski definition) is 1. The molecule has 1 aliphatic heterocycles. The van der Waals surface area contributed by atoms with E-state index in [2.05, 4.69) is 27.9 Å². The first kappa shape index (κ1) is 19.1. The Hall–Kier alpha value is -3.22. The van der Waals surface area contributed by atoms with Gasteiger partial charge in [-0.1, -0.05) is 25.1 Å². The Labute approximate surface area is 169 Å². The fraction of sp³-hybridized carbons (Fsp3) is 0.364. The summed E-state index contributed by atoms with van der Waals surface area (Å²) in [4.78, 5) is 35.8. The standard InChI is InChI=1S/C22H25N5O2/c1-3-11-27-19-9-5-4-8-18(19)25-20(27)12-24-22(29)17-14-26(15(2)28)13-16-7-6-10-23-21(16)17/h4-10,17H,3,11-14H2,1-2H3,(H,24,29). The van der Waals surface area contributed by atoms with E-state index in [4.69, 9.17) is 4.98 Å². The highest BCUT2D eigenvalue weighted by Crippen LogP contribution is 2.27. The van der Waals surface area contributed by atoms with Crippen molar-refractivity contribution >= 4 is 22.8 Å². The van der Waals surface area contributed by atoms with Crippen LogP contribution in [0.25, 0.3) is 11.0 Å². The third-order valence-corrected chi connectivity index (χ3v) is 5.38. The van der Waals surface area contributed by atoms with E-state index in [1.165, 1.54) is 6.92 Å². The van der Waals surface area contributed by atoms with Gasteiger partial charge in [-0.3, -0.25) is 14.6 Å². The second-order valence-corrected chi connectivity index (χ2v) is 7.39. The van der Waals surface area contributed by atoms with Gasteiger partial charge in [0, 0.05) is 32.8 Å². The van der Waals surface area contributed by atoms with Crippen LogP contribution in [0.3, 0.4) is 0 Å². The molecule has 0 aliphatic carbocycles. The fourth-order valence-electron chi connectivity index (χ4n) is 3.95. The van der Waals surface area contributed by atoms with E-state index >= 15 is 0 Å². The second kappa shape index (κ2) is 8.03. The summed E-state index contributed by atoms with van der Waals surface area (Å²) in [5.74, 6) is 0.183. The van der Waals surface area contributed by atoms with E-state index in [-0.39, 0.29) is 11.8 Å². The molecule has 0 saturated carbocycles. The largest absolute Gasteiger partial charge is 0.348 e. The van der Waals surface area contributed by atoms with Crippen molar-refractivity contribution in [2.45, 2.75) is 45.8 Å². The minimum atomic E-state index is -0.479. The van der Waals surface area contributed by atoms with E-state index < -0.39 is 5.92 Å². The van der Waals surface area contributed by atoms with Gasteiger partial charge in [-0.2, -0.15) is 0 Å². The van der Waals surface area contributed by atoms with Gasteiger partial charge in [0.1, 0.15) is 5.82 Å². The average molecular weight is 391 g/mol. The molecule has 2 aromatic heterocycles. The molecule has 2 amide bonds. The summed E-state index contributed by atoms with van der Waals surface area (Å²) in [6.45, 7) is 5.68. The molecule has 0 spiro atoms. The first-order valence-corrected chi connectivity index (χ1v) is 9.99. The Morgan fingerprint density at radius 2 is 2.03 bits per heavy atom. The summed E-state index contributed by atoms with van der Waals surface area (Å²) in [5.41, 5.74) is 3.68. The molecule has 1 unspecified atom stereocenters. The van der Waals surface area contributed by atoms with E-state index in [1.54, 1.807) is 11.1 Å². The summed E-state index contributed by atoms with van der Waals surface area (Å²) >= 11 is 0. The van der Waals surface area contributed by atoms with E-state index in [0.29, 0.717) is 19.6 Å². The van der Waals surface area contributed by atoms with Gasteiger partial charge in [0.05, 0.1) is 29.2 Å². The van der Waals surface area contributed by atoms with E-state index in [0.717, 1.165) is 41.1 Å². The topological polar surface area (TPSA) is 80.1 Å². The molecule has 0 bridgehead atoms. The van der Waals surface area contributed by atoms with Crippen molar-refractivity contribution in [1.82, 2.24) is 24.8 Å². The van der Waals surface area contributed by atoms with Crippen LogP contribution in [-0.4, -0.2) is 37.8 Å². The van der Waals surface area contributed by atoms with Gasteiger partial charge in [-0.25, -0.2) is 4.98 Å². The van der Waals surface area contributed by atoms with Crippen molar-refractivity contribution in [3.05, 3.63) is 59.7 Å². The summed E-state index contributed by atoms with van der Waals surface area (Å²) < 4.78 is 2.16. The van der Waals surface area contributed by atoms with Gasteiger partial charge >= 0.3 is 0 Å². The van der Waals surface area contributed by atoms with E-state index in [9.17, 15) is 9.59 Å². The number of aryl methyl sites for hydroxylation is 1. The lowest BCUT2D eigenvalue weighted by Crippen LogP contribution is -2.43. The van der Waals surface area contributed by atoms with Crippen molar-refractivity contribution in [3.8, 4) is 0 Å². The third-order valence-electron chi connectivity index (χ3n) is 5.38. The minimum Gasteiger partial charge on any atom is -0.348 e. The number of imidazole rings is 1. The summed E-state index contributed by atoms with van der Waals surface area (Å²) in [7, 11) is 0. The number of rotatable bonds is 5. The second-order valence-electron chi connectivity index (χ2n) is 7.39. The van der Waals surface area contributed by atoms with Gasteiger partial charge in [0.2, 0.25) is 11.8 Å². The summed E-state index contributed by atoms with van der Waals surface area (Å²) in [6.07, 6.45) is 2.68. The lowest BCUT2D eigenvalue weighted by Gasteiger charge is -2.32. The Morgan fingerprint density at radius 3 is 2.83 bits per heavy atom. The number of hydrogen-bond acceptors (Lipinski definition) is 4. The van der Waals surface area contributed by atoms with Gasteiger partial charge in [0.25, 0.3) is 0 Å². The maximum absolute atomic E-state index is 13.1. The molecule has 4 rings (SSSR count). The highest BCUT2D eigenvalue weighted by molar-refractivity contribution is 5.85. The molecule has 1 atom stereocenters. The quantitative estimate of drug-likeness (QED) is 0.725. The Bertz CT molecular complexity index is 1060. The fourth-order valence-corrected chi connectivity index (χ4v) is 3.95. The van der Waals surface area contributed by atoms with Crippen LogP contribution < -0.4 is 5.32 Å². The zero-order chi connectivity index (χ0) is 20.4. The van der Waals surface area contributed by atoms with Crippen molar-refractivity contribution in [2.24, 2.45) is 0 Å². The highest BCUT2D eigenvalue weighted by Gasteiger charge is 2.32. The van der Waals surface area contributed by atoms with Crippen LogP contribution >= 0.6 is 0 Å². The predicted octanol–water partition coefficient (Wildman–Crippen LogP) is 2.60. The molecular weight excluding hydrogens is 366 g/mol. The SMILES string of the molecule is CCCn1c(CNC(=O)C2CN(C(C)=O)Cc3cccnc32)nc2ccccc21. The number of nitrogens with zero attached hydrogens (tertiary/aromatic N) is 4. The van der Waals surface area contributed by atoms with Crippen molar-refractivity contribution in [1.29, 1.82) is 0 Å². The molecule has 1 aliphatic rings. The Morgan fingerprint density at radius 1 is 1.21 bits per heavy atom. The van der Waals surface area contributed by atoms with E-state index in [1.807, 2.05) is 30.3 Å². The number of fused-ring (bicyclic) bond motifs is 2. The van der Waals surface area contributed by atoms with Crippen molar-refractivity contribution in [2.75, 3.05) is 6.54 Å². The first-order chi connectivity index (χ1) is 14.1. The number of nitrogens with one attached hydrogen (secondary N) is 1. The molecule has 7 heteroatoms. The smallest absolute Gasteiger partial charge is 0.231 e. The molecule has 1 N–H and O–H groups in total. The molecule has 7 nitrogen and oxygen atoms in total. The number of amides is 2. The average Bonchev–Trinajstić information content (AvgIpc) is 3.09. The van der Waals surface area contributed by atoms with Gasteiger partial charge in [0.15, 0.2) is 0 Å². The first-order valence-electron chi connectivity index (χ1n) is 9.99. The van der Waals surface area contributed by atoms with Crippen LogP contribution in [0.1, 0.15) is 43.3 Å². The molecule has 3 aromatic rings. The van der Waals surface area contributed by atoms with Gasteiger partial charge in [-0.05, 0) is 30.2 Å². The Balaban J connectivity index is 1.56. The number of aromatic nitrogens is 3. The molecule has 0 radical (unpaired) electrons. The van der Waals surface area contributed by atoms with Crippen molar-refractivity contribution < 1.29 is 9.59 Å². The maximum atomic E-state index is 13.1. The minimum absolute atomic E-state index is 0.0398. The summed E-state index contributed by atoms with van der Waals surface area (Å²) in [6, 6.07) is 11.8. The van der Waals surface area contributed by atoms with Crippen LogP contribution in [0, 0.1) is 0 Å². The number of carbonyl (C=O) groups is 2. The molecular formula is C22H25N5O2. The van der Waals surface area contributed by atoms with Gasteiger partial charge < -0.3 is 14.8 Å². The molecule has 3 heterocycles. The number of benzene rings is 1. The molecule has 150 valence electrons. The maximum Gasteiger partial charge on any atom is 0.231 e.